The van der Waals surface area contributed by atoms with Crippen molar-refractivity contribution in [2.45, 2.75) is 13.0 Å². The molecule has 21 heavy (non-hydrogen) atoms. The maximum Gasteiger partial charge on any atom is 0.234 e. The van der Waals surface area contributed by atoms with Crippen LogP contribution in [0.2, 0.25) is 0 Å². The molecule has 6 heteroatoms. The molecule has 6 nitrogen and oxygen atoms in total. The van der Waals surface area contributed by atoms with Crippen LogP contribution < -0.4 is 14.8 Å². The highest BCUT2D eigenvalue weighted by molar-refractivity contribution is 5.78. The minimum atomic E-state index is -0.623. The summed E-state index contributed by atoms with van der Waals surface area (Å²) < 4.78 is 10.9. The van der Waals surface area contributed by atoms with Crippen molar-refractivity contribution >= 4 is 5.91 Å². The van der Waals surface area contributed by atoms with E-state index in [1.807, 2.05) is 36.1 Å². The van der Waals surface area contributed by atoms with Crippen LogP contribution in [0.3, 0.4) is 0 Å². The second-order valence-corrected chi connectivity index (χ2v) is 4.95. The first kappa shape index (κ1) is 15.6. The fraction of sp³-hybridized carbons (Fsp3) is 0.533. The molecule has 0 aliphatic carbocycles. The van der Waals surface area contributed by atoms with Crippen molar-refractivity contribution in [1.82, 2.24) is 10.2 Å². The van der Waals surface area contributed by atoms with Gasteiger partial charge >= 0.3 is 0 Å². The molecule has 1 unspecified atom stereocenters. The van der Waals surface area contributed by atoms with E-state index < -0.39 is 6.10 Å². The Hall–Kier alpha value is -1.79. The highest BCUT2D eigenvalue weighted by atomic mass is 16.5. The van der Waals surface area contributed by atoms with E-state index in [9.17, 15) is 9.90 Å². The molecule has 0 saturated carbocycles. The van der Waals surface area contributed by atoms with Crippen molar-refractivity contribution in [3.63, 3.8) is 0 Å². The van der Waals surface area contributed by atoms with Gasteiger partial charge in [0.05, 0.1) is 13.2 Å². The van der Waals surface area contributed by atoms with Crippen LogP contribution in [-0.2, 0) is 4.79 Å². The van der Waals surface area contributed by atoms with E-state index in [1.54, 1.807) is 0 Å². The lowest BCUT2D eigenvalue weighted by Crippen LogP contribution is -2.50. The lowest BCUT2D eigenvalue weighted by atomic mass is 10.3. The Balaban J connectivity index is 1.72. The number of carbonyl (C=O) groups is 1. The first-order valence-electron chi connectivity index (χ1n) is 7.20. The zero-order valence-electron chi connectivity index (χ0n) is 12.2. The number of β-amino-alcohol motifs (C(OH)–C–C–N with tert-alkyl or cyclic N) is 1. The van der Waals surface area contributed by atoms with Gasteiger partial charge in [-0.1, -0.05) is 0 Å². The van der Waals surface area contributed by atoms with Crippen LogP contribution >= 0.6 is 0 Å². The normalized spacial score (nSPS) is 17.1. The molecule has 1 amide bonds. The number of nitrogens with zero attached hydrogens (tertiary/aromatic N) is 1. The summed E-state index contributed by atoms with van der Waals surface area (Å²) in [6.07, 6.45) is -0.623. The maximum absolute atomic E-state index is 11.2. The van der Waals surface area contributed by atoms with Crippen LogP contribution in [0.25, 0.3) is 0 Å². The van der Waals surface area contributed by atoms with E-state index >= 15 is 0 Å². The summed E-state index contributed by atoms with van der Waals surface area (Å²) in [5.41, 5.74) is 0. The van der Waals surface area contributed by atoms with E-state index in [4.69, 9.17) is 9.47 Å². The first-order chi connectivity index (χ1) is 10.2. The summed E-state index contributed by atoms with van der Waals surface area (Å²) in [4.78, 5) is 13.2. The number of aliphatic hydroxyl groups is 1. The third-order valence-electron chi connectivity index (χ3n) is 3.16. The Morgan fingerprint density at radius 3 is 2.57 bits per heavy atom. The molecule has 1 aromatic rings. The zero-order chi connectivity index (χ0) is 15.1. The predicted molar refractivity (Wildman–Crippen MR) is 78.6 cm³/mol. The van der Waals surface area contributed by atoms with Gasteiger partial charge in [-0.05, 0) is 31.2 Å². The number of benzene rings is 1. The van der Waals surface area contributed by atoms with Gasteiger partial charge in [0.2, 0.25) is 5.91 Å². The van der Waals surface area contributed by atoms with E-state index in [2.05, 4.69) is 5.32 Å². The number of hydrogen-bond acceptors (Lipinski definition) is 5. The van der Waals surface area contributed by atoms with Crippen molar-refractivity contribution < 1.29 is 19.4 Å². The second kappa shape index (κ2) is 7.85. The average Bonchev–Trinajstić information content (AvgIpc) is 2.47. The molecule has 116 valence electrons. The largest absolute Gasteiger partial charge is 0.494 e. The third kappa shape index (κ3) is 5.24. The van der Waals surface area contributed by atoms with Gasteiger partial charge in [0.1, 0.15) is 24.2 Å². The lowest BCUT2D eigenvalue weighted by Gasteiger charge is -2.28. The zero-order valence-corrected chi connectivity index (χ0v) is 12.2. The molecule has 1 aliphatic heterocycles. The molecule has 1 aliphatic rings. The average molecular weight is 294 g/mol. The SMILES string of the molecule is CCOc1ccc(OCC(O)CN2CCNC(=O)C2)cc1. The monoisotopic (exact) mass is 294 g/mol. The molecule has 0 radical (unpaired) electrons. The Bertz CT molecular complexity index is 449. The number of amides is 1. The summed E-state index contributed by atoms with van der Waals surface area (Å²) in [5.74, 6) is 1.49. The highest BCUT2D eigenvalue weighted by Crippen LogP contribution is 2.17. The standard InChI is InChI=1S/C15H22N2O4/c1-2-20-13-3-5-14(6-4-13)21-11-12(18)9-17-8-7-16-15(19)10-17/h3-6,12,18H,2,7-11H2,1H3,(H,16,19). The maximum atomic E-state index is 11.2. The fourth-order valence-corrected chi connectivity index (χ4v) is 2.19. The van der Waals surface area contributed by atoms with Gasteiger partial charge in [0, 0.05) is 19.6 Å². The van der Waals surface area contributed by atoms with Crippen molar-refractivity contribution in [3.8, 4) is 11.5 Å². The van der Waals surface area contributed by atoms with E-state index in [0.717, 1.165) is 12.3 Å². The number of rotatable bonds is 7. The molecule has 1 atom stereocenters. The van der Waals surface area contributed by atoms with Crippen LogP contribution in [0, 0.1) is 0 Å². The second-order valence-electron chi connectivity index (χ2n) is 4.95. The van der Waals surface area contributed by atoms with Crippen LogP contribution in [0.1, 0.15) is 6.92 Å². The van der Waals surface area contributed by atoms with Crippen molar-refractivity contribution in [2.75, 3.05) is 39.4 Å². The molecule has 2 rings (SSSR count). The van der Waals surface area contributed by atoms with Gasteiger partial charge in [-0.3, -0.25) is 9.69 Å². The van der Waals surface area contributed by atoms with Crippen molar-refractivity contribution in [1.29, 1.82) is 0 Å². The molecule has 1 heterocycles. The predicted octanol–water partition coefficient (Wildman–Crippen LogP) is 0.257. The lowest BCUT2D eigenvalue weighted by molar-refractivity contribution is -0.124. The summed E-state index contributed by atoms with van der Waals surface area (Å²) in [7, 11) is 0. The number of carbonyl (C=O) groups excluding carboxylic acids is 1. The summed E-state index contributed by atoms with van der Waals surface area (Å²) >= 11 is 0. The molecule has 1 fully saturated rings. The number of ether oxygens (including phenoxy) is 2. The molecule has 1 aromatic carbocycles. The molecule has 1 saturated heterocycles. The minimum absolute atomic E-state index is 0.000816. The fourth-order valence-electron chi connectivity index (χ4n) is 2.19. The molecule has 2 N–H and O–H groups in total. The van der Waals surface area contributed by atoms with Crippen LogP contribution in [0.5, 0.6) is 11.5 Å². The Labute approximate surface area is 124 Å². The van der Waals surface area contributed by atoms with Gasteiger partial charge in [0.25, 0.3) is 0 Å². The highest BCUT2D eigenvalue weighted by Gasteiger charge is 2.19. The van der Waals surface area contributed by atoms with E-state index in [-0.39, 0.29) is 12.5 Å². The number of aliphatic hydroxyl groups excluding tert-OH is 1. The summed E-state index contributed by atoms with van der Waals surface area (Å²) in [6.45, 7) is 4.91. The van der Waals surface area contributed by atoms with Crippen LogP contribution in [0.4, 0.5) is 0 Å². The minimum Gasteiger partial charge on any atom is -0.494 e. The smallest absolute Gasteiger partial charge is 0.234 e. The number of nitrogens with one attached hydrogen (secondary N) is 1. The van der Waals surface area contributed by atoms with Crippen molar-refractivity contribution in [2.24, 2.45) is 0 Å². The topological polar surface area (TPSA) is 71.0 Å². The molecular weight excluding hydrogens is 272 g/mol. The quantitative estimate of drug-likeness (QED) is 0.755. The third-order valence-corrected chi connectivity index (χ3v) is 3.16. The van der Waals surface area contributed by atoms with Gasteiger partial charge in [-0.15, -0.1) is 0 Å². The Morgan fingerprint density at radius 2 is 1.95 bits per heavy atom. The Morgan fingerprint density at radius 1 is 1.29 bits per heavy atom. The van der Waals surface area contributed by atoms with Gasteiger partial charge < -0.3 is 19.9 Å². The molecule has 0 bridgehead atoms. The van der Waals surface area contributed by atoms with Gasteiger partial charge in [0.15, 0.2) is 0 Å². The summed E-state index contributed by atoms with van der Waals surface area (Å²) in [6, 6.07) is 7.29. The van der Waals surface area contributed by atoms with E-state index in [1.165, 1.54) is 0 Å². The van der Waals surface area contributed by atoms with Crippen LogP contribution in [0.15, 0.2) is 24.3 Å². The van der Waals surface area contributed by atoms with Gasteiger partial charge in [-0.2, -0.15) is 0 Å². The number of piperazine rings is 1. The first-order valence-corrected chi connectivity index (χ1v) is 7.20. The van der Waals surface area contributed by atoms with Crippen LogP contribution in [-0.4, -0.2) is 61.4 Å². The Kier molecular flexibility index (Phi) is 5.83. The van der Waals surface area contributed by atoms with Gasteiger partial charge in [-0.25, -0.2) is 0 Å². The molecule has 0 spiro atoms. The summed E-state index contributed by atoms with van der Waals surface area (Å²) in [5, 5.41) is 12.7. The van der Waals surface area contributed by atoms with Crippen molar-refractivity contribution in [3.05, 3.63) is 24.3 Å². The molecular formula is C15H22N2O4. The van der Waals surface area contributed by atoms with E-state index in [0.29, 0.717) is 32.0 Å². The number of hydrogen-bond donors (Lipinski definition) is 2. The molecule has 0 aromatic heterocycles.